The molecule has 0 radical (unpaired) electrons. The van der Waals surface area contributed by atoms with Crippen LogP contribution in [0, 0.1) is 6.92 Å². The molecule has 0 N–H and O–H groups in total. The van der Waals surface area contributed by atoms with E-state index in [4.69, 9.17) is 0 Å². The van der Waals surface area contributed by atoms with E-state index in [-0.39, 0.29) is 10.7 Å². The maximum atomic E-state index is 11.6. The van der Waals surface area contributed by atoms with Crippen LogP contribution in [0.4, 0.5) is 5.82 Å². The number of amides is 1. The topological polar surface area (TPSA) is 33.2 Å². The van der Waals surface area contributed by atoms with E-state index in [1.165, 1.54) is 0 Å². The third-order valence-corrected chi connectivity index (χ3v) is 2.93. The normalized spacial score (nSPS) is 21.7. The molecular formula is C10H11BrN2O. The van der Waals surface area contributed by atoms with E-state index in [1.807, 2.05) is 19.1 Å². The molecule has 1 aromatic rings. The Morgan fingerprint density at radius 2 is 2.43 bits per heavy atom. The van der Waals surface area contributed by atoms with Crippen molar-refractivity contribution < 1.29 is 4.79 Å². The molecule has 1 fully saturated rings. The van der Waals surface area contributed by atoms with Gasteiger partial charge in [0.2, 0.25) is 5.91 Å². The van der Waals surface area contributed by atoms with Crippen molar-refractivity contribution in [3.8, 4) is 0 Å². The number of carbonyl (C=O) groups excluding carboxylic acids is 1. The molecule has 1 saturated heterocycles. The second-order valence-corrected chi connectivity index (χ2v) is 4.74. The molecule has 1 aliphatic rings. The summed E-state index contributed by atoms with van der Waals surface area (Å²) in [7, 11) is 0. The minimum absolute atomic E-state index is 0.147. The van der Waals surface area contributed by atoms with E-state index in [2.05, 4.69) is 20.9 Å². The molecule has 14 heavy (non-hydrogen) atoms. The van der Waals surface area contributed by atoms with Gasteiger partial charge in [-0.25, -0.2) is 4.98 Å². The zero-order valence-corrected chi connectivity index (χ0v) is 9.49. The quantitative estimate of drug-likeness (QED) is 0.718. The molecule has 2 rings (SSSR count). The third-order valence-electron chi connectivity index (χ3n) is 2.32. The lowest BCUT2D eigenvalue weighted by Crippen LogP contribution is -2.26. The molecule has 2 heterocycles. The van der Waals surface area contributed by atoms with Crippen molar-refractivity contribution >= 4 is 27.7 Å². The van der Waals surface area contributed by atoms with Crippen molar-refractivity contribution in [2.45, 2.75) is 18.2 Å². The Kier molecular flexibility index (Phi) is 2.54. The van der Waals surface area contributed by atoms with Crippen LogP contribution in [0.3, 0.4) is 0 Å². The highest BCUT2D eigenvalue weighted by atomic mass is 79.9. The van der Waals surface area contributed by atoms with Gasteiger partial charge in [-0.1, -0.05) is 22.0 Å². The van der Waals surface area contributed by atoms with E-state index in [0.29, 0.717) is 6.42 Å². The monoisotopic (exact) mass is 254 g/mol. The van der Waals surface area contributed by atoms with E-state index in [0.717, 1.165) is 17.9 Å². The van der Waals surface area contributed by atoms with E-state index in [1.54, 1.807) is 11.1 Å². The largest absolute Gasteiger partial charge is 0.295 e. The summed E-state index contributed by atoms with van der Waals surface area (Å²) >= 11 is 3.45. The van der Waals surface area contributed by atoms with Crippen LogP contribution in [0.2, 0.25) is 0 Å². The van der Waals surface area contributed by atoms with Crippen LogP contribution in [0.25, 0.3) is 0 Å². The summed E-state index contributed by atoms with van der Waals surface area (Å²) in [5, 5.41) is 0. The molecule has 1 unspecified atom stereocenters. The summed E-state index contributed by atoms with van der Waals surface area (Å²) in [6.45, 7) is 2.69. The predicted molar refractivity (Wildman–Crippen MR) is 58.7 cm³/mol. The Bertz CT molecular complexity index is 367. The minimum Gasteiger partial charge on any atom is -0.295 e. The van der Waals surface area contributed by atoms with Crippen LogP contribution in [-0.4, -0.2) is 22.3 Å². The number of halogens is 1. The van der Waals surface area contributed by atoms with Gasteiger partial charge in [-0.2, -0.15) is 0 Å². The fourth-order valence-electron chi connectivity index (χ4n) is 1.63. The lowest BCUT2D eigenvalue weighted by molar-refractivity contribution is -0.117. The summed E-state index contributed by atoms with van der Waals surface area (Å²) in [6.07, 6.45) is 2.28. The van der Waals surface area contributed by atoms with Crippen molar-refractivity contribution in [2.24, 2.45) is 0 Å². The number of aryl methyl sites for hydroxylation is 1. The van der Waals surface area contributed by atoms with Crippen molar-refractivity contribution in [2.75, 3.05) is 11.4 Å². The molecule has 0 saturated carbocycles. The van der Waals surface area contributed by atoms with Crippen molar-refractivity contribution in [3.05, 3.63) is 23.9 Å². The van der Waals surface area contributed by atoms with Crippen LogP contribution in [0.15, 0.2) is 18.3 Å². The van der Waals surface area contributed by atoms with Gasteiger partial charge in [0, 0.05) is 24.0 Å². The Balaban J connectivity index is 2.32. The fourth-order valence-corrected chi connectivity index (χ4v) is 2.20. The van der Waals surface area contributed by atoms with Crippen LogP contribution in [-0.2, 0) is 4.79 Å². The Morgan fingerprint density at radius 1 is 1.64 bits per heavy atom. The van der Waals surface area contributed by atoms with E-state index in [9.17, 15) is 4.79 Å². The van der Waals surface area contributed by atoms with Gasteiger partial charge in [-0.3, -0.25) is 9.69 Å². The number of rotatable bonds is 1. The lowest BCUT2D eigenvalue weighted by atomic mass is 10.3. The summed E-state index contributed by atoms with van der Waals surface area (Å²) in [6, 6.07) is 3.85. The minimum atomic E-state index is 0.147. The molecule has 4 heteroatoms. The van der Waals surface area contributed by atoms with Crippen LogP contribution < -0.4 is 4.90 Å². The smallest absolute Gasteiger partial charge is 0.229 e. The molecule has 1 aliphatic heterocycles. The molecule has 1 atom stereocenters. The van der Waals surface area contributed by atoms with Crippen molar-refractivity contribution in [1.82, 2.24) is 4.98 Å². The maximum absolute atomic E-state index is 11.6. The SMILES string of the molecule is Cc1cccnc1N1CC(Br)CC1=O. The number of carbonyl (C=O) groups is 1. The first kappa shape index (κ1) is 9.65. The number of aromatic nitrogens is 1. The second-order valence-electron chi connectivity index (χ2n) is 3.45. The third kappa shape index (κ3) is 1.66. The van der Waals surface area contributed by atoms with Gasteiger partial charge >= 0.3 is 0 Å². The zero-order chi connectivity index (χ0) is 10.1. The highest BCUT2D eigenvalue weighted by Crippen LogP contribution is 2.25. The predicted octanol–water partition coefficient (Wildman–Crippen LogP) is 1.89. The number of nitrogens with zero attached hydrogens (tertiary/aromatic N) is 2. The summed E-state index contributed by atoms with van der Waals surface area (Å²) in [4.78, 5) is 17.8. The zero-order valence-electron chi connectivity index (χ0n) is 7.90. The number of hydrogen-bond acceptors (Lipinski definition) is 2. The van der Waals surface area contributed by atoms with Crippen LogP contribution in [0.1, 0.15) is 12.0 Å². The molecule has 0 aliphatic carbocycles. The van der Waals surface area contributed by atoms with Gasteiger partial charge in [0.05, 0.1) is 0 Å². The van der Waals surface area contributed by atoms with Gasteiger partial charge in [0.15, 0.2) is 0 Å². The van der Waals surface area contributed by atoms with Gasteiger partial charge in [-0.15, -0.1) is 0 Å². The van der Waals surface area contributed by atoms with Crippen LogP contribution >= 0.6 is 15.9 Å². The van der Waals surface area contributed by atoms with E-state index < -0.39 is 0 Å². The highest BCUT2D eigenvalue weighted by molar-refractivity contribution is 9.09. The highest BCUT2D eigenvalue weighted by Gasteiger charge is 2.30. The average Bonchev–Trinajstić information content (AvgIpc) is 2.46. The molecule has 3 nitrogen and oxygen atoms in total. The van der Waals surface area contributed by atoms with Gasteiger partial charge < -0.3 is 0 Å². The molecule has 1 aromatic heterocycles. The van der Waals surface area contributed by atoms with Gasteiger partial charge in [0.1, 0.15) is 5.82 Å². The first-order valence-electron chi connectivity index (χ1n) is 4.54. The molecular weight excluding hydrogens is 244 g/mol. The molecule has 0 aromatic carbocycles. The fraction of sp³-hybridized carbons (Fsp3) is 0.400. The molecule has 0 spiro atoms. The molecule has 74 valence electrons. The summed E-state index contributed by atoms with van der Waals surface area (Å²) in [5.74, 6) is 0.938. The van der Waals surface area contributed by atoms with Crippen molar-refractivity contribution in [1.29, 1.82) is 0 Å². The number of alkyl halides is 1. The molecule has 0 bridgehead atoms. The summed E-state index contributed by atoms with van der Waals surface area (Å²) < 4.78 is 0. The maximum Gasteiger partial charge on any atom is 0.229 e. The standard InChI is InChI=1S/C10H11BrN2O/c1-7-3-2-4-12-10(7)13-6-8(11)5-9(13)14/h2-4,8H,5-6H2,1H3. The number of anilines is 1. The van der Waals surface area contributed by atoms with Gasteiger partial charge in [-0.05, 0) is 18.6 Å². The first-order chi connectivity index (χ1) is 6.68. The Labute approximate surface area is 91.3 Å². The van der Waals surface area contributed by atoms with E-state index >= 15 is 0 Å². The number of hydrogen-bond donors (Lipinski definition) is 0. The summed E-state index contributed by atoms with van der Waals surface area (Å²) in [5.41, 5.74) is 1.04. The lowest BCUT2D eigenvalue weighted by Gasteiger charge is -2.16. The molecule has 1 amide bonds. The second kappa shape index (κ2) is 3.69. The van der Waals surface area contributed by atoms with Crippen molar-refractivity contribution in [3.63, 3.8) is 0 Å². The Hall–Kier alpha value is -0.900. The Morgan fingerprint density at radius 3 is 3.00 bits per heavy atom. The number of pyridine rings is 1. The first-order valence-corrected chi connectivity index (χ1v) is 5.46. The average molecular weight is 255 g/mol. The van der Waals surface area contributed by atoms with Crippen LogP contribution in [0.5, 0.6) is 0 Å². The van der Waals surface area contributed by atoms with Gasteiger partial charge in [0.25, 0.3) is 0 Å².